The number of pyridine rings is 1. The Morgan fingerprint density at radius 3 is 2.42 bits per heavy atom. The molecule has 0 amide bonds. The molecule has 0 saturated carbocycles. The quantitative estimate of drug-likeness (QED) is 0.798. The van der Waals surface area contributed by atoms with E-state index >= 15 is 0 Å². The summed E-state index contributed by atoms with van der Waals surface area (Å²) in [5, 5.41) is 0. The summed E-state index contributed by atoms with van der Waals surface area (Å²) in [5.41, 5.74) is 8.35. The number of hydrogen-bond acceptors (Lipinski definition) is 5. The van der Waals surface area contributed by atoms with Crippen molar-refractivity contribution in [1.82, 2.24) is 4.98 Å². The Labute approximate surface area is 156 Å². The molecule has 2 N–H and O–H groups in total. The lowest BCUT2D eigenvalue weighted by Gasteiger charge is -2.27. The molecule has 0 aliphatic carbocycles. The van der Waals surface area contributed by atoms with Crippen molar-refractivity contribution in [2.24, 2.45) is 11.7 Å². The third-order valence-corrected chi connectivity index (χ3v) is 5.12. The Morgan fingerprint density at radius 1 is 1.19 bits per heavy atom. The zero-order chi connectivity index (χ0) is 19.5. The van der Waals surface area contributed by atoms with E-state index in [2.05, 4.69) is 18.8 Å². The second-order valence-corrected chi connectivity index (χ2v) is 9.64. The highest BCUT2D eigenvalue weighted by Crippen LogP contribution is 2.31. The van der Waals surface area contributed by atoms with Crippen LogP contribution in [0.1, 0.15) is 32.9 Å². The molecule has 2 rings (SSSR count). The summed E-state index contributed by atoms with van der Waals surface area (Å²) in [4.78, 5) is 4.35. The van der Waals surface area contributed by atoms with Crippen LogP contribution in [0.5, 0.6) is 5.75 Å². The van der Waals surface area contributed by atoms with Crippen LogP contribution in [0.15, 0.2) is 41.4 Å². The van der Waals surface area contributed by atoms with Crippen molar-refractivity contribution in [1.29, 1.82) is 0 Å². The number of aromatic nitrogens is 1. The summed E-state index contributed by atoms with van der Waals surface area (Å²) in [5.74, 6) is 0.766. The number of sulfone groups is 1. The minimum Gasteiger partial charge on any atom is -0.490 e. The molecular formula is C20H28N2O3S. The molecule has 0 radical (unpaired) electrons. The van der Waals surface area contributed by atoms with Gasteiger partial charge in [0, 0.05) is 23.7 Å². The topological polar surface area (TPSA) is 82.3 Å². The van der Waals surface area contributed by atoms with Gasteiger partial charge >= 0.3 is 0 Å². The lowest BCUT2D eigenvalue weighted by atomic mass is 9.93. The van der Waals surface area contributed by atoms with Gasteiger partial charge in [0.15, 0.2) is 9.84 Å². The van der Waals surface area contributed by atoms with Gasteiger partial charge in [0.1, 0.15) is 17.3 Å². The van der Waals surface area contributed by atoms with E-state index in [-0.39, 0.29) is 11.5 Å². The summed E-state index contributed by atoms with van der Waals surface area (Å²) in [6.07, 6.45) is 3.68. The lowest BCUT2D eigenvalue weighted by Crippen LogP contribution is -2.43. The third kappa shape index (κ3) is 5.54. The van der Waals surface area contributed by atoms with Gasteiger partial charge in [0.05, 0.1) is 0 Å². The van der Waals surface area contributed by atoms with E-state index in [0.29, 0.717) is 11.7 Å². The molecular weight excluding hydrogens is 348 g/mol. The van der Waals surface area contributed by atoms with Gasteiger partial charge in [-0.15, -0.1) is 0 Å². The summed E-state index contributed by atoms with van der Waals surface area (Å²) in [7, 11) is -3.45. The largest absolute Gasteiger partial charge is 0.490 e. The first-order valence-corrected chi connectivity index (χ1v) is 10.6. The normalized spacial score (nSPS) is 14.3. The number of hydrogen-bond donors (Lipinski definition) is 1. The Morgan fingerprint density at radius 2 is 1.85 bits per heavy atom. The summed E-state index contributed by atoms with van der Waals surface area (Å²) in [6.45, 7) is 8.26. The molecule has 0 unspecified atom stereocenters. The lowest BCUT2D eigenvalue weighted by molar-refractivity contribution is 0.203. The fourth-order valence-corrected chi connectivity index (χ4v) is 3.89. The van der Waals surface area contributed by atoms with Gasteiger partial charge in [-0.1, -0.05) is 19.9 Å². The molecule has 0 aliphatic heterocycles. The molecule has 0 bridgehead atoms. The maximum atomic E-state index is 12.3. The molecule has 2 aromatic rings. The van der Waals surface area contributed by atoms with Crippen LogP contribution in [0.25, 0.3) is 11.1 Å². The van der Waals surface area contributed by atoms with Gasteiger partial charge in [-0.2, -0.15) is 0 Å². The summed E-state index contributed by atoms with van der Waals surface area (Å²) >= 11 is 0. The van der Waals surface area contributed by atoms with Crippen molar-refractivity contribution in [3.8, 4) is 16.9 Å². The molecule has 0 saturated heterocycles. The maximum absolute atomic E-state index is 12.3. The fraction of sp³-hybridized carbons (Fsp3) is 0.450. The van der Waals surface area contributed by atoms with Crippen molar-refractivity contribution in [2.75, 3.05) is 12.9 Å². The van der Waals surface area contributed by atoms with Crippen molar-refractivity contribution in [2.45, 2.75) is 44.6 Å². The average molecular weight is 377 g/mol. The van der Waals surface area contributed by atoms with Crippen molar-refractivity contribution < 1.29 is 13.2 Å². The molecule has 1 aromatic heterocycles. The van der Waals surface area contributed by atoms with Gasteiger partial charge in [-0.25, -0.2) is 8.42 Å². The van der Waals surface area contributed by atoms with Crippen LogP contribution < -0.4 is 10.5 Å². The first kappa shape index (κ1) is 20.4. The van der Waals surface area contributed by atoms with E-state index in [1.807, 2.05) is 32.0 Å². The first-order valence-electron chi connectivity index (χ1n) is 8.67. The van der Waals surface area contributed by atoms with Gasteiger partial charge in [0.25, 0.3) is 0 Å². The van der Waals surface area contributed by atoms with E-state index in [9.17, 15) is 8.42 Å². The second kappa shape index (κ2) is 7.76. The molecule has 1 atom stereocenters. The van der Waals surface area contributed by atoms with Gasteiger partial charge < -0.3 is 10.5 Å². The minimum atomic E-state index is -3.45. The zero-order valence-corrected chi connectivity index (χ0v) is 16.9. The predicted octanol–water partition coefficient (Wildman–Crippen LogP) is 3.60. The first-order chi connectivity index (χ1) is 12.0. The highest BCUT2D eigenvalue weighted by molar-refractivity contribution is 7.90. The average Bonchev–Trinajstić information content (AvgIpc) is 2.51. The van der Waals surface area contributed by atoms with Crippen LogP contribution in [0.2, 0.25) is 0 Å². The molecule has 0 spiro atoms. The fourth-order valence-electron chi connectivity index (χ4n) is 3.06. The second-order valence-electron chi connectivity index (χ2n) is 7.66. The number of nitrogens with two attached hydrogens (primary N) is 1. The highest BCUT2D eigenvalue weighted by atomic mass is 32.2. The Hall–Kier alpha value is -1.92. The molecule has 1 heterocycles. The van der Waals surface area contributed by atoms with Crippen LogP contribution in [-0.2, 0) is 9.84 Å². The standard InChI is InChI=1S/C20H28N2O3S/c1-14(2)12-20(4,21)13-25-18-7-6-16(11-19(18)26(5,23)24)17-8-9-22-15(3)10-17/h6-11,14H,12-13,21H2,1-5H3/t20-/m1/s1. The van der Waals surface area contributed by atoms with Crippen LogP contribution in [0, 0.1) is 12.8 Å². The van der Waals surface area contributed by atoms with E-state index in [4.69, 9.17) is 10.5 Å². The van der Waals surface area contributed by atoms with Gasteiger partial charge in [-0.3, -0.25) is 4.98 Å². The molecule has 0 fully saturated rings. The molecule has 0 aliphatic rings. The number of rotatable bonds is 7. The number of benzene rings is 1. The zero-order valence-electron chi connectivity index (χ0n) is 16.1. The van der Waals surface area contributed by atoms with Crippen LogP contribution >= 0.6 is 0 Å². The van der Waals surface area contributed by atoms with Crippen LogP contribution in [-0.4, -0.2) is 31.8 Å². The Balaban J connectivity index is 2.36. The smallest absolute Gasteiger partial charge is 0.179 e. The van der Waals surface area contributed by atoms with E-state index < -0.39 is 15.4 Å². The number of nitrogens with zero attached hydrogens (tertiary/aromatic N) is 1. The summed E-state index contributed by atoms with van der Waals surface area (Å²) in [6, 6.07) is 8.98. The number of aryl methyl sites for hydroxylation is 1. The maximum Gasteiger partial charge on any atom is 0.179 e. The molecule has 142 valence electrons. The highest BCUT2D eigenvalue weighted by Gasteiger charge is 2.23. The summed E-state index contributed by atoms with van der Waals surface area (Å²) < 4.78 is 30.4. The van der Waals surface area contributed by atoms with Crippen molar-refractivity contribution >= 4 is 9.84 Å². The van der Waals surface area contributed by atoms with E-state index in [1.165, 1.54) is 6.26 Å². The van der Waals surface area contributed by atoms with Crippen molar-refractivity contribution in [3.05, 3.63) is 42.2 Å². The molecule has 1 aromatic carbocycles. The number of ether oxygens (including phenoxy) is 1. The van der Waals surface area contributed by atoms with E-state index in [0.717, 1.165) is 23.2 Å². The third-order valence-electron chi connectivity index (χ3n) is 4.01. The Kier molecular flexibility index (Phi) is 6.09. The Bertz CT molecular complexity index is 874. The minimum absolute atomic E-state index is 0.171. The van der Waals surface area contributed by atoms with Crippen LogP contribution in [0.3, 0.4) is 0 Å². The van der Waals surface area contributed by atoms with E-state index in [1.54, 1.807) is 18.3 Å². The van der Waals surface area contributed by atoms with Gasteiger partial charge in [0.2, 0.25) is 0 Å². The monoisotopic (exact) mass is 376 g/mol. The molecule has 6 heteroatoms. The SMILES string of the molecule is Cc1cc(-c2ccc(OC[C@](C)(N)CC(C)C)c(S(C)(=O)=O)c2)ccn1. The molecule has 26 heavy (non-hydrogen) atoms. The van der Waals surface area contributed by atoms with Crippen molar-refractivity contribution in [3.63, 3.8) is 0 Å². The van der Waals surface area contributed by atoms with Crippen LogP contribution in [0.4, 0.5) is 0 Å². The predicted molar refractivity (Wildman–Crippen MR) is 105 cm³/mol. The molecule has 5 nitrogen and oxygen atoms in total. The van der Waals surface area contributed by atoms with Gasteiger partial charge in [-0.05, 0) is 61.6 Å².